The summed E-state index contributed by atoms with van der Waals surface area (Å²) in [5, 5.41) is 49.2. The number of hydrogen-bond acceptors (Lipinski definition) is 6. The van der Waals surface area contributed by atoms with Gasteiger partial charge < -0.3 is 30.3 Å². The van der Waals surface area contributed by atoms with E-state index in [-0.39, 0.29) is 6.42 Å². The first-order valence-corrected chi connectivity index (χ1v) is 13.5. The van der Waals surface area contributed by atoms with Crippen LogP contribution in [0.15, 0.2) is 0 Å². The van der Waals surface area contributed by atoms with Crippen molar-refractivity contribution < 1.29 is 35.1 Å². The summed E-state index contributed by atoms with van der Waals surface area (Å²) in [5.41, 5.74) is 0. The van der Waals surface area contributed by atoms with Crippen molar-refractivity contribution in [2.24, 2.45) is 0 Å². The Morgan fingerprint density at radius 1 is 0.667 bits per heavy atom. The highest BCUT2D eigenvalue weighted by molar-refractivity contribution is 5.73. The van der Waals surface area contributed by atoms with Gasteiger partial charge in [0.15, 0.2) is 11.9 Å². The molecule has 196 valence electrons. The monoisotopic (exact) mass is 474 g/mol. The van der Waals surface area contributed by atoms with E-state index in [1.807, 2.05) is 0 Å². The average Bonchev–Trinajstić information content (AvgIpc) is 2.79. The van der Waals surface area contributed by atoms with Crippen LogP contribution in [0.5, 0.6) is 0 Å². The fourth-order valence-electron chi connectivity index (χ4n) is 4.68. The molecule has 0 aromatic carbocycles. The minimum absolute atomic E-state index is 0.0144. The third-order valence-electron chi connectivity index (χ3n) is 6.91. The fourth-order valence-corrected chi connectivity index (χ4v) is 4.68. The zero-order valence-electron chi connectivity index (χ0n) is 20.8. The topological polar surface area (TPSA) is 127 Å². The number of unbranched alkanes of at least 4 members (excludes halogenated alkanes) is 17. The van der Waals surface area contributed by atoms with Gasteiger partial charge in [-0.25, -0.2) is 4.79 Å². The molecule has 5 atom stereocenters. The van der Waals surface area contributed by atoms with Crippen molar-refractivity contribution in [3.05, 3.63) is 0 Å². The number of aliphatic hydroxyl groups excluding tert-OH is 3. The molecule has 7 heteroatoms. The lowest BCUT2D eigenvalue weighted by molar-refractivity contribution is -0.343. The van der Waals surface area contributed by atoms with Gasteiger partial charge in [-0.05, 0) is 6.42 Å². The molecule has 0 amide bonds. The normalized spacial score (nSPS) is 27.7. The van der Waals surface area contributed by atoms with Gasteiger partial charge >= 0.3 is 5.97 Å². The van der Waals surface area contributed by atoms with Crippen molar-refractivity contribution in [2.75, 3.05) is 0 Å². The maximum atomic E-state index is 11.2. The van der Waals surface area contributed by atoms with Gasteiger partial charge in [0.2, 0.25) is 0 Å². The summed E-state index contributed by atoms with van der Waals surface area (Å²) < 4.78 is 5.06. The summed E-state index contributed by atoms with van der Waals surface area (Å²) in [6.45, 7) is 2.26. The Morgan fingerprint density at radius 3 is 1.39 bits per heavy atom. The molecule has 0 aromatic rings. The summed E-state index contributed by atoms with van der Waals surface area (Å²) >= 11 is 0. The van der Waals surface area contributed by atoms with Crippen molar-refractivity contribution in [3.63, 3.8) is 0 Å². The third-order valence-corrected chi connectivity index (χ3v) is 6.91. The first-order chi connectivity index (χ1) is 15.8. The number of carbonyl (C=O) groups is 1. The van der Waals surface area contributed by atoms with Gasteiger partial charge in [0.05, 0.1) is 0 Å². The van der Waals surface area contributed by atoms with Crippen LogP contribution in [-0.4, -0.2) is 61.7 Å². The largest absolute Gasteiger partial charge is 0.479 e. The van der Waals surface area contributed by atoms with Crippen LogP contribution in [0.1, 0.15) is 129 Å². The summed E-state index contributed by atoms with van der Waals surface area (Å²) in [4.78, 5) is 11.2. The lowest BCUT2D eigenvalue weighted by Crippen LogP contribution is -2.66. The lowest BCUT2D eigenvalue weighted by Gasteiger charge is -2.44. The van der Waals surface area contributed by atoms with E-state index in [9.17, 15) is 25.2 Å². The van der Waals surface area contributed by atoms with Gasteiger partial charge in [0.1, 0.15) is 18.3 Å². The van der Waals surface area contributed by atoms with Crippen molar-refractivity contribution in [1.82, 2.24) is 0 Å². The Bertz CT molecular complexity index is 501. The second-order valence-corrected chi connectivity index (χ2v) is 9.91. The second-order valence-electron chi connectivity index (χ2n) is 9.91. The average molecular weight is 475 g/mol. The van der Waals surface area contributed by atoms with Gasteiger partial charge in [0, 0.05) is 6.42 Å². The summed E-state index contributed by atoms with van der Waals surface area (Å²) in [6, 6.07) is 0. The number of hydrogen-bond donors (Lipinski definition) is 5. The van der Waals surface area contributed by atoms with E-state index in [0.29, 0.717) is 6.42 Å². The lowest BCUT2D eigenvalue weighted by atomic mass is 9.89. The highest BCUT2D eigenvalue weighted by Gasteiger charge is 2.54. The SMILES string of the molecule is CCCCCCCCCCCCCCCCCCCC[C@@]1(O)O[C@H](C(=O)O)[C@@H](O)[C@H](O)[C@H]1O. The molecule has 0 bridgehead atoms. The van der Waals surface area contributed by atoms with E-state index in [1.54, 1.807) is 0 Å². The molecule has 1 heterocycles. The van der Waals surface area contributed by atoms with E-state index < -0.39 is 36.2 Å². The van der Waals surface area contributed by atoms with Crippen molar-refractivity contribution >= 4 is 5.97 Å². The first-order valence-electron chi connectivity index (χ1n) is 13.5. The molecule has 1 saturated heterocycles. The highest BCUT2D eigenvalue weighted by Crippen LogP contribution is 2.32. The van der Waals surface area contributed by atoms with Gasteiger partial charge in [-0.15, -0.1) is 0 Å². The zero-order chi connectivity index (χ0) is 24.5. The Kier molecular flexibility index (Phi) is 16.2. The zero-order valence-corrected chi connectivity index (χ0v) is 20.8. The standard InChI is InChI=1S/C26H50O7/c1-2-3-4-5-6-7-8-9-10-11-12-13-14-15-16-17-18-19-20-26(32)24(29)22(28)21(27)23(33-26)25(30)31/h21-24,27-29,32H,2-20H2,1H3,(H,30,31)/t21-,22-,23-,24+,26+/m0/s1. The molecule has 1 rings (SSSR count). The van der Waals surface area contributed by atoms with Gasteiger partial charge in [0.25, 0.3) is 0 Å². The molecule has 7 nitrogen and oxygen atoms in total. The number of rotatable bonds is 20. The summed E-state index contributed by atoms with van der Waals surface area (Å²) in [7, 11) is 0. The van der Waals surface area contributed by atoms with Crippen LogP contribution in [0.3, 0.4) is 0 Å². The number of aliphatic hydroxyl groups is 4. The third kappa shape index (κ3) is 12.0. The fraction of sp³-hybridized carbons (Fsp3) is 0.962. The molecule has 33 heavy (non-hydrogen) atoms. The van der Waals surface area contributed by atoms with Crippen molar-refractivity contribution in [2.45, 2.75) is 159 Å². The van der Waals surface area contributed by atoms with E-state index in [4.69, 9.17) is 9.84 Å². The molecule has 0 spiro atoms. The minimum atomic E-state index is -2.16. The predicted molar refractivity (Wildman–Crippen MR) is 129 cm³/mol. The number of carboxylic acid groups (broad SMARTS) is 1. The van der Waals surface area contributed by atoms with Crippen LogP contribution in [0.4, 0.5) is 0 Å². The van der Waals surface area contributed by atoms with E-state index in [0.717, 1.165) is 19.3 Å². The molecule has 1 aliphatic rings. The van der Waals surface area contributed by atoms with Crippen LogP contribution in [0.2, 0.25) is 0 Å². The van der Waals surface area contributed by atoms with E-state index >= 15 is 0 Å². The van der Waals surface area contributed by atoms with E-state index in [1.165, 1.54) is 89.9 Å². The Balaban J connectivity index is 1.96. The van der Waals surface area contributed by atoms with Crippen molar-refractivity contribution in [1.29, 1.82) is 0 Å². The molecule has 1 aliphatic heterocycles. The van der Waals surface area contributed by atoms with Crippen molar-refractivity contribution in [3.8, 4) is 0 Å². The first kappa shape index (κ1) is 30.3. The molecular weight excluding hydrogens is 424 g/mol. The number of aliphatic carboxylic acids is 1. The molecule has 0 radical (unpaired) electrons. The molecule has 0 unspecified atom stereocenters. The molecule has 0 saturated carbocycles. The molecule has 1 fully saturated rings. The Labute approximate surface area is 200 Å². The maximum Gasteiger partial charge on any atom is 0.335 e. The molecular formula is C26H50O7. The van der Waals surface area contributed by atoms with Gasteiger partial charge in [-0.3, -0.25) is 0 Å². The number of carboxylic acids is 1. The summed E-state index contributed by atoms with van der Waals surface area (Å²) in [5.74, 6) is -3.64. The Morgan fingerprint density at radius 2 is 1.03 bits per heavy atom. The maximum absolute atomic E-state index is 11.2. The van der Waals surface area contributed by atoms with Crippen LogP contribution >= 0.6 is 0 Å². The van der Waals surface area contributed by atoms with Gasteiger partial charge in [-0.2, -0.15) is 0 Å². The smallest absolute Gasteiger partial charge is 0.335 e. The Hall–Kier alpha value is -0.730. The second kappa shape index (κ2) is 17.7. The molecule has 0 aromatic heterocycles. The van der Waals surface area contributed by atoms with E-state index in [2.05, 4.69) is 6.92 Å². The van der Waals surface area contributed by atoms with Crippen LogP contribution < -0.4 is 0 Å². The number of ether oxygens (including phenoxy) is 1. The molecule has 0 aliphatic carbocycles. The van der Waals surface area contributed by atoms with Crippen LogP contribution in [0.25, 0.3) is 0 Å². The summed E-state index contributed by atoms with van der Waals surface area (Å²) in [6.07, 6.45) is 15.3. The quantitative estimate of drug-likeness (QED) is 0.162. The van der Waals surface area contributed by atoms with Crippen LogP contribution in [0, 0.1) is 0 Å². The predicted octanol–water partition coefficient (Wildman–Crippen LogP) is 4.67. The molecule has 5 N–H and O–H groups in total. The minimum Gasteiger partial charge on any atom is -0.479 e. The van der Waals surface area contributed by atoms with Gasteiger partial charge in [-0.1, -0.05) is 116 Å². The van der Waals surface area contributed by atoms with Crippen LogP contribution in [-0.2, 0) is 9.53 Å². The highest BCUT2D eigenvalue weighted by atomic mass is 16.7.